The third-order valence-electron chi connectivity index (χ3n) is 6.65. The van der Waals surface area contributed by atoms with Gasteiger partial charge in [0.1, 0.15) is 0 Å². The normalized spacial score (nSPS) is 17.1. The second-order valence-electron chi connectivity index (χ2n) is 8.88. The Labute approximate surface area is 160 Å². The van der Waals surface area contributed by atoms with Crippen molar-refractivity contribution in [1.29, 1.82) is 0 Å². The van der Waals surface area contributed by atoms with E-state index in [-0.39, 0.29) is 10.8 Å². The maximum Gasteiger partial charge on any atom is 0.488 e. The van der Waals surface area contributed by atoms with Crippen LogP contribution in [0.5, 0.6) is 0 Å². The van der Waals surface area contributed by atoms with Gasteiger partial charge in [0.05, 0.1) is 0 Å². The quantitative estimate of drug-likeness (QED) is 0.649. The summed E-state index contributed by atoms with van der Waals surface area (Å²) >= 11 is 0. The summed E-state index contributed by atoms with van der Waals surface area (Å²) < 4.78 is 0. The highest BCUT2D eigenvalue weighted by Crippen LogP contribution is 2.58. The molecule has 0 fully saturated rings. The van der Waals surface area contributed by atoms with Crippen LogP contribution in [0.15, 0.2) is 54.6 Å². The number of rotatable bonds is 1. The fourth-order valence-corrected chi connectivity index (χ4v) is 5.36. The maximum absolute atomic E-state index is 9.65. The Bertz CT molecular complexity index is 1110. The summed E-state index contributed by atoms with van der Waals surface area (Å²) in [5, 5.41) is 19.3. The van der Waals surface area contributed by atoms with Crippen LogP contribution in [0, 0.1) is 0 Å². The van der Waals surface area contributed by atoms with Gasteiger partial charge in [-0.25, -0.2) is 0 Å². The Morgan fingerprint density at radius 2 is 1.15 bits per heavy atom. The van der Waals surface area contributed by atoms with Gasteiger partial charge in [0.2, 0.25) is 0 Å². The lowest BCUT2D eigenvalue weighted by Crippen LogP contribution is -2.31. The number of fused-ring (bicyclic) bond motifs is 7. The van der Waals surface area contributed by atoms with Crippen molar-refractivity contribution in [3.8, 4) is 22.3 Å². The average molecular weight is 354 g/mol. The lowest BCUT2D eigenvalue weighted by molar-refractivity contribution is 0.425. The summed E-state index contributed by atoms with van der Waals surface area (Å²) in [7, 11) is -1.44. The fourth-order valence-electron chi connectivity index (χ4n) is 5.36. The first-order valence-corrected chi connectivity index (χ1v) is 9.53. The first kappa shape index (κ1) is 16.8. The Balaban J connectivity index is 1.84. The van der Waals surface area contributed by atoms with Crippen molar-refractivity contribution in [3.63, 3.8) is 0 Å². The summed E-state index contributed by atoms with van der Waals surface area (Å²) in [5.41, 5.74) is 10.8. The lowest BCUT2D eigenvalue weighted by Gasteiger charge is -2.30. The standard InChI is InChI=1S/C24H23BO2/c1-23(2)19-8-6-5-7-15(19)17-11-12-18-16-10-9-14(25(26)27)13-20(16)24(3,4)22(18)21(17)23/h5-13,26-27H,1-4H3. The van der Waals surface area contributed by atoms with Gasteiger partial charge in [-0.2, -0.15) is 0 Å². The van der Waals surface area contributed by atoms with Crippen LogP contribution >= 0.6 is 0 Å². The largest absolute Gasteiger partial charge is 0.488 e. The molecule has 0 saturated heterocycles. The zero-order valence-corrected chi connectivity index (χ0v) is 16.2. The SMILES string of the molecule is CC1(C)c2ccccc2-c2ccc3c(c21)C(C)(C)c1cc(B(O)O)ccc1-3. The van der Waals surface area contributed by atoms with Gasteiger partial charge in [-0.3, -0.25) is 0 Å². The summed E-state index contributed by atoms with van der Waals surface area (Å²) in [6.07, 6.45) is 0. The van der Waals surface area contributed by atoms with E-state index in [9.17, 15) is 10.0 Å². The molecule has 3 aromatic rings. The molecule has 5 rings (SSSR count). The molecule has 2 nitrogen and oxygen atoms in total. The Kier molecular flexibility index (Phi) is 3.19. The number of benzene rings is 3. The third kappa shape index (κ3) is 1.99. The van der Waals surface area contributed by atoms with E-state index in [1.165, 1.54) is 44.5 Å². The number of hydrogen-bond donors (Lipinski definition) is 2. The molecule has 0 unspecified atom stereocenters. The molecule has 0 amide bonds. The first-order valence-electron chi connectivity index (χ1n) is 9.53. The van der Waals surface area contributed by atoms with Crippen molar-refractivity contribution in [1.82, 2.24) is 0 Å². The molecule has 0 spiro atoms. The second-order valence-corrected chi connectivity index (χ2v) is 8.88. The summed E-state index contributed by atoms with van der Waals surface area (Å²) in [4.78, 5) is 0. The maximum atomic E-state index is 9.65. The zero-order chi connectivity index (χ0) is 19.1. The van der Waals surface area contributed by atoms with Gasteiger partial charge in [0.15, 0.2) is 0 Å². The summed E-state index contributed by atoms with van der Waals surface area (Å²) in [5.74, 6) is 0. The van der Waals surface area contributed by atoms with Crippen LogP contribution < -0.4 is 5.46 Å². The molecule has 2 aliphatic carbocycles. The van der Waals surface area contributed by atoms with Gasteiger partial charge >= 0.3 is 7.12 Å². The van der Waals surface area contributed by atoms with Gasteiger partial charge in [-0.15, -0.1) is 0 Å². The van der Waals surface area contributed by atoms with Gasteiger partial charge in [0, 0.05) is 10.8 Å². The Morgan fingerprint density at radius 1 is 0.630 bits per heavy atom. The van der Waals surface area contributed by atoms with Crippen LogP contribution in [0.3, 0.4) is 0 Å². The minimum absolute atomic E-state index is 0.0596. The van der Waals surface area contributed by atoms with Crippen molar-refractivity contribution in [2.45, 2.75) is 38.5 Å². The van der Waals surface area contributed by atoms with E-state index in [1.54, 1.807) is 0 Å². The summed E-state index contributed by atoms with van der Waals surface area (Å²) in [6, 6.07) is 19.0. The predicted molar refractivity (Wildman–Crippen MR) is 111 cm³/mol. The van der Waals surface area contributed by atoms with E-state index in [0.29, 0.717) is 5.46 Å². The van der Waals surface area contributed by atoms with E-state index >= 15 is 0 Å². The molecule has 0 bridgehead atoms. The van der Waals surface area contributed by atoms with E-state index in [0.717, 1.165) is 0 Å². The van der Waals surface area contributed by atoms with E-state index in [1.807, 2.05) is 18.2 Å². The molecule has 3 heteroatoms. The van der Waals surface area contributed by atoms with E-state index in [4.69, 9.17) is 0 Å². The smallest absolute Gasteiger partial charge is 0.423 e. The highest BCUT2D eigenvalue weighted by Gasteiger charge is 2.45. The molecule has 0 radical (unpaired) electrons. The van der Waals surface area contributed by atoms with Gasteiger partial charge in [-0.05, 0) is 50.0 Å². The molecule has 3 aromatic carbocycles. The molecule has 0 aliphatic heterocycles. The van der Waals surface area contributed by atoms with Gasteiger partial charge < -0.3 is 10.0 Å². The van der Waals surface area contributed by atoms with Crippen LogP contribution in [-0.4, -0.2) is 17.2 Å². The fraction of sp³-hybridized carbons (Fsp3) is 0.250. The molecular weight excluding hydrogens is 331 g/mol. The molecular formula is C24H23BO2. The van der Waals surface area contributed by atoms with Crippen molar-refractivity contribution in [2.24, 2.45) is 0 Å². The number of hydrogen-bond acceptors (Lipinski definition) is 2. The lowest BCUT2D eigenvalue weighted by atomic mass is 9.71. The molecule has 27 heavy (non-hydrogen) atoms. The molecule has 0 saturated carbocycles. The molecule has 2 aliphatic rings. The zero-order valence-electron chi connectivity index (χ0n) is 16.2. The van der Waals surface area contributed by atoms with Crippen LogP contribution in [0.1, 0.15) is 49.9 Å². The van der Waals surface area contributed by atoms with Crippen molar-refractivity contribution < 1.29 is 10.0 Å². The average Bonchev–Trinajstić information content (AvgIpc) is 3.01. The van der Waals surface area contributed by atoms with E-state index < -0.39 is 7.12 Å². The third-order valence-corrected chi connectivity index (χ3v) is 6.65. The second kappa shape index (κ2) is 5.12. The molecule has 0 aromatic heterocycles. The highest BCUT2D eigenvalue weighted by molar-refractivity contribution is 6.58. The van der Waals surface area contributed by atoms with Gasteiger partial charge in [-0.1, -0.05) is 82.3 Å². The van der Waals surface area contributed by atoms with Crippen LogP contribution in [0.25, 0.3) is 22.3 Å². The van der Waals surface area contributed by atoms with E-state index in [2.05, 4.69) is 64.1 Å². The monoisotopic (exact) mass is 354 g/mol. The van der Waals surface area contributed by atoms with Crippen LogP contribution in [0.4, 0.5) is 0 Å². The topological polar surface area (TPSA) is 40.5 Å². The van der Waals surface area contributed by atoms with Crippen molar-refractivity contribution >= 4 is 12.6 Å². The Morgan fingerprint density at radius 3 is 1.78 bits per heavy atom. The van der Waals surface area contributed by atoms with Gasteiger partial charge in [0.25, 0.3) is 0 Å². The van der Waals surface area contributed by atoms with Crippen molar-refractivity contribution in [3.05, 3.63) is 76.9 Å². The van der Waals surface area contributed by atoms with Crippen molar-refractivity contribution in [2.75, 3.05) is 0 Å². The van der Waals surface area contributed by atoms with Crippen LogP contribution in [-0.2, 0) is 10.8 Å². The molecule has 134 valence electrons. The summed E-state index contributed by atoms with van der Waals surface area (Å²) in [6.45, 7) is 9.15. The minimum Gasteiger partial charge on any atom is -0.423 e. The highest BCUT2D eigenvalue weighted by atomic mass is 16.4. The molecule has 0 atom stereocenters. The Hall–Kier alpha value is -2.36. The predicted octanol–water partition coefficient (Wildman–Crippen LogP) is 3.98. The minimum atomic E-state index is -1.44. The molecule has 2 N–H and O–H groups in total. The first-order chi connectivity index (χ1) is 12.7. The van der Waals surface area contributed by atoms with Crippen LogP contribution in [0.2, 0.25) is 0 Å². The molecule has 0 heterocycles.